The fraction of sp³-hybridized carbons (Fsp3) is 0.526. The molecule has 28 heavy (non-hydrogen) atoms. The summed E-state index contributed by atoms with van der Waals surface area (Å²) in [5.41, 5.74) is 6.83. The Morgan fingerprint density at radius 3 is 2.71 bits per heavy atom. The van der Waals surface area contributed by atoms with Crippen molar-refractivity contribution < 1.29 is 19.0 Å². The number of amides is 1. The maximum atomic E-state index is 12.1. The van der Waals surface area contributed by atoms with E-state index in [1.807, 2.05) is 7.05 Å². The summed E-state index contributed by atoms with van der Waals surface area (Å²) in [5.74, 6) is 2.00. The monoisotopic (exact) mass is 389 g/mol. The number of benzene rings is 1. The number of aromatic nitrogens is 2. The molecular formula is C19H27N5O4. The second kappa shape index (κ2) is 9.03. The van der Waals surface area contributed by atoms with Crippen LogP contribution in [0.4, 0.5) is 5.82 Å². The Balaban J connectivity index is 1.75. The van der Waals surface area contributed by atoms with Crippen LogP contribution in [0.15, 0.2) is 12.1 Å². The van der Waals surface area contributed by atoms with Crippen LogP contribution >= 0.6 is 0 Å². The van der Waals surface area contributed by atoms with Crippen molar-refractivity contribution in [3.63, 3.8) is 0 Å². The van der Waals surface area contributed by atoms with Crippen molar-refractivity contribution in [2.24, 2.45) is 0 Å². The zero-order valence-electron chi connectivity index (χ0n) is 16.4. The minimum atomic E-state index is -0.331. The number of hydrogen-bond acceptors (Lipinski definition) is 8. The van der Waals surface area contributed by atoms with Crippen molar-refractivity contribution in [1.29, 1.82) is 0 Å². The number of rotatable bonds is 8. The lowest BCUT2D eigenvalue weighted by atomic mass is 10.1. The molecule has 2 atom stereocenters. The topological polar surface area (TPSA) is 121 Å². The smallest absolute Gasteiger partial charge is 0.249 e. The molecule has 1 aromatic carbocycles. The van der Waals surface area contributed by atoms with Crippen molar-refractivity contribution in [1.82, 2.24) is 20.6 Å². The number of methoxy groups -OCH3 is 2. The lowest BCUT2D eigenvalue weighted by Crippen LogP contribution is -2.36. The lowest BCUT2D eigenvalue weighted by molar-refractivity contribution is -0.130. The van der Waals surface area contributed by atoms with Crippen LogP contribution in [-0.2, 0) is 9.53 Å². The molecule has 0 saturated carbocycles. The first-order valence-electron chi connectivity index (χ1n) is 9.33. The second-order valence-electron chi connectivity index (χ2n) is 6.61. The fourth-order valence-electron chi connectivity index (χ4n) is 3.29. The molecule has 2 aromatic rings. The highest BCUT2D eigenvalue weighted by Gasteiger charge is 2.23. The van der Waals surface area contributed by atoms with Gasteiger partial charge in [-0.05, 0) is 32.4 Å². The van der Waals surface area contributed by atoms with Crippen molar-refractivity contribution in [2.45, 2.75) is 31.4 Å². The summed E-state index contributed by atoms with van der Waals surface area (Å²) in [7, 11) is 4.96. The standard InChI is InChI=1S/C19H27N5O4/c1-21-12(6-7-22-19(25)14-5-4-8-28-14)18-23-13-10-16(27-3)15(26-2)9-11(13)17(20)24-18/h9-10,12,14,21H,4-8H2,1-3H3,(H,22,25)(H2,20,23,24). The van der Waals surface area contributed by atoms with E-state index in [1.165, 1.54) is 0 Å². The Bertz CT molecular complexity index is 839. The van der Waals surface area contributed by atoms with Crippen LogP contribution in [-0.4, -0.2) is 56.4 Å². The summed E-state index contributed by atoms with van der Waals surface area (Å²) in [6.07, 6.45) is 1.99. The molecule has 1 fully saturated rings. The molecule has 9 nitrogen and oxygen atoms in total. The summed E-state index contributed by atoms with van der Waals surface area (Å²) in [5, 5.41) is 6.80. The second-order valence-corrected chi connectivity index (χ2v) is 6.61. The molecule has 1 aromatic heterocycles. The Morgan fingerprint density at radius 1 is 1.32 bits per heavy atom. The fourth-order valence-corrected chi connectivity index (χ4v) is 3.29. The largest absolute Gasteiger partial charge is 0.493 e. The van der Waals surface area contributed by atoms with Crippen LogP contribution in [0.5, 0.6) is 11.5 Å². The van der Waals surface area contributed by atoms with Gasteiger partial charge < -0.3 is 30.6 Å². The number of nitrogens with one attached hydrogen (secondary N) is 2. The molecule has 2 heterocycles. The van der Waals surface area contributed by atoms with Crippen LogP contribution in [0, 0.1) is 0 Å². The quantitative estimate of drug-likeness (QED) is 0.615. The van der Waals surface area contributed by atoms with Crippen molar-refractivity contribution >= 4 is 22.6 Å². The number of nitrogens with two attached hydrogens (primary N) is 1. The summed E-state index contributed by atoms with van der Waals surface area (Å²) in [6.45, 7) is 1.13. The maximum absolute atomic E-state index is 12.1. The van der Waals surface area contributed by atoms with Crippen molar-refractivity contribution in [2.75, 3.05) is 40.2 Å². The summed E-state index contributed by atoms with van der Waals surface area (Å²) in [6, 6.07) is 3.38. The van der Waals surface area contributed by atoms with E-state index in [2.05, 4.69) is 20.6 Å². The Hall–Kier alpha value is -2.65. The zero-order chi connectivity index (χ0) is 20.1. The predicted octanol–water partition coefficient (Wildman–Crippen LogP) is 1.18. The van der Waals surface area contributed by atoms with Gasteiger partial charge in [-0.15, -0.1) is 0 Å². The molecule has 1 aliphatic heterocycles. The van der Waals surface area contributed by atoms with Gasteiger partial charge in [-0.2, -0.15) is 0 Å². The SMILES string of the molecule is CNC(CCNC(=O)C1CCCO1)c1nc(N)c2cc(OC)c(OC)cc2n1. The van der Waals surface area contributed by atoms with Gasteiger partial charge in [0.2, 0.25) is 5.91 Å². The van der Waals surface area contributed by atoms with Gasteiger partial charge in [0.15, 0.2) is 11.5 Å². The van der Waals surface area contributed by atoms with E-state index in [0.29, 0.717) is 53.6 Å². The molecule has 152 valence electrons. The number of nitrogen functional groups attached to an aromatic ring is 1. The Labute approximate surface area is 164 Å². The van der Waals surface area contributed by atoms with Gasteiger partial charge in [-0.3, -0.25) is 4.79 Å². The van der Waals surface area contributed by atoms with Gasteiger partial charge >= 0.3 is 0 Å². The molecule has 2 unspecified atom stereocenters. The van der Waals surface area contributed by atoms with Crippen LogP contribution in [0.2, 0.25) is 0 Å². The van der Waals surface area contributed by atoms with E-state index in [0.717, 1.165) is 12.8 Å². The van der Waals surface area contributed by atoms with E-state index in [1.54, 1.807) is 26.4 Å². The molecule has 3 rings (SSSR count). The molecule has 1 amide bonds. The molecule has 9 heteroatoms. The molecule has 1 saturated heterocycles. The average molecular weight is 389 g/mol. The van der Waals surface area contributed by atoms with Crippen LogP contribution < -0.4 is 25.8 Å². The lowest BCUT2D eigenvalue weighted by Gasteiger charge is -2.18. The number of carbonyl (C=O) groups is 1. The van der Waals surface area contributed by atoms with E-state index in [9.17, 15) is 4.79 Å². The number of fused-ring (bicyclic) bond motifs is 1. The maximum Gasteiger partial charge on any atom is 0.249 e. The van der Waals surface area contributed by atoms with Gasteiger partial charge in [0, 0.05) is 24.6 Å². The number of hydrogen-bond donors (Lipinski definition) is 3. The highest BCUT2D eigenvalue weighted by Crippen LogP contribution is 2.33. The first kappa shape index (κ1) is 20.1. The molecular weight excluding hydrogens is 362 g/mol. The number of carbonyl (C=O) groups excluding carboxylic acids is 1. The number of nitrogens with zero attached hydrogens (tertiary/aromatic N) is 2. The third-order valence-electron chi connectivity index (χ3n) is 4.86. The summed E-state index contributed by atoms with van der Waals surface area (Å²) in [4.78, 5) is 21.2. The number of ether oxygens (including phenoxy) is 3. The van der Waals surface area contributed by atoms with E-state index >= 15 is 0 Å². The average Bonchev–Trinajstić information content (AvgIpc) is 3.25. The predicted molar refractivity (Wildman–Crippen MR) is 105 cm³/mol. The van der Waals surface area contributed by atoms with E-state index in [-0.39, 0.29) is 18.1 Å². The highest BCUT2D eigenvalue weighted by molar-refractivity contribution is 5.90. The molecule has 0 aliphatic carbocycles. The molecule has 0 bridgehead atoms. The minimum Gasteiger partial charge on any atom is -0.493 e. The Morgan fingerprint density at radius 2 is 2.07 bits per heavy atom. The molecule has 4 N–H and O–H groups in total. The third-order valence-corrected chi connectivity index (χ3v) is 4.86. The highest BCUT2D eigenvalue weighted by atomic mass is 16.5. The third kappa shape index (κ3) is 4.26. The molecule has 0 spiro atoms. The van der Waals surface area contributed by atoms with Crippen LogP contribution in [0.3, 0.4) is 0 Å². The van der Waals surface area contributed by atoms with Crippen LogP contribution in [0.25, 0.3) is 10.9 Å². The summed E-state index contributed by atoms with van der Waals surface area (Å²) < 4.78 is 16.1. The van der Waals surface area contributed by atoms with Gasteiger partial charge in [0.25, 0.3) is 0 Å². The van der Waals surface area contributed by atoms with E-state index < -0.39 is 0 Å². The molecule has 0 radical (unpaired) electrons. The minimum absolute atomic E-state index is 0.0665. The van der Waals surface area contributed by atoms with Crippen LogP contribution in [0.1, 0.15) is 31.1 Å². The summed E-state index contributed by atoms with van der Waals surface area (Å²) >= 11 is 0. The van der Waals surface area contributed by atoms with E-state index in [4.69, 9.17) is 19.9 Å². The Kier molecular flexibility index (Phi) is 6.48. The van der Waals surface area contributed by atoms with Gasteiger partial charge in [0.1, 0.15) is 17.7 Å². The van der Waals surface area contributed by atoms with Gasteiger partial charge in [-0.1, -0.05) is 0 Å². The zero-order valence-corrected chi connectivity index (χ0v) is 16.4. The molecule has 1 aliphatic rings. The first-order valence-corrected chi connectivity index (χ1v) is 9.33. The first-order chi connectivity index (χ1) is 13.6. The van der Waals surface area contributed by atoms with Crippen molar-refractivity contribution in [3.8, 4) is 11.5 Å². The van der Waals surface area contributed by atoms with Gasteiger partial charge in [0.05, 0.1) is 25.8 Å². The van der Waals surface area contributed by atoms with Crippen molar-refractivity contribution in [3.05, 3.63) is 18.0 Å². The van der Waals surface area contributed by atoms with Gasteiger partial charge in [-0.25, -0.2) is 9.97 Å². The normalized spacial score (nSPS) is 17.5. The number of anilines is 1.